The Morgan fingerprint density at radius 2 is 1.00 bits per heavy atom. The van der Waals surface area contributed by atoms with Gasteiger partial charge in [-0.25, -0.2) is 0 Å². The average molecular weight is 640 g/mol. The molecular weight excluding hydrogens is 628 g/mol. The Balaban J connectivity index is 2.24. The Hall–Kier alpha value is 0.280. The summed E-state index contributed by atoms with van der Waals surface area (Å²) in [6.07, 6.45) is 0. The predicted molar refractivity (Wildman–Crippen MR) is 123 cm³/mol. The normalized spacial score (nSPS) is 10.9. The molecule has 0 atom stereocenters. The van der Waals surface area contributed by atoms with Gasteiger partial charge in [-0.15, -0.1) is 0 Å². The van der Waals surface area contributed by atoms with Crippen molar-refractivity contribution in [3.8, 4) is 0 Å². The zero-order valence-electron chi connectivity index (χ0n) is 11.5. The summed E-state index contributed by atoms with van der Waals surface area (Å²) in [6.45, 7) is 0. The summed E-state index contributed by atoms with van der Waals surface area (Å²) in [5.74, 6) is 0. The van der Waals surface area contributed by atoms with Crippen LogP contribution in [0.25, 0.3) is 0 Å². The number of benzene rings is 3. The van der Waals surface area contributed by atoms with Gasteiger partial charge in [-0.05, 0) is 98.4 Å². The Labute approximate surface area is 173 Å². The molecule has 0 aliphatic heterocycles. The molecule has 0 fully saturated rings. The summed E-state index contributed by atoms with van der Waals surface area (Å²) < 4.78 is 4.01. The third-order valence-electron chi connectivity index (χ3n) is 3.23. The second kappa shape index (κ2) is 7.90. The van der Waals surface area contributed by atoms with Crippen molar-refractivity contribution < 1.29 is 0 Å². The zero-order valence-corrected chi connectivity index (χ0v) is 18.9. The Morgan fingerprint density at radius 3 is 1.41 bits per heavy atom. The number of hydrogen-bond acceptors (Lipinski definition) is 0. The molecule has 110 valence electrons. The van der Waals surface area contributed by atoms with Crippen LogP contribution >= 0.6 is 75.7 Å². The van der Waals surface area contributed by atoms with Crippen LogP contribution in [-0.2, 0) is 0 Å². The molecule has 0 unspecified atom stereocenters. The van der Waals surface area contributed by atoms with Gasteiger partial charge in [0.25, 0.3) is 0 Å². The van der Waals surface area contributed by atoms with Gasteiger partial charge in [0, 0.05) is 16.0 Å². The third-order valence-corrected chi connectivity index (χ3v) is 8.97. The predicted octanol–water partition coefficient (Wildman–Crippen LogP) is 5.26. The van der Waals surface area contributed by atoms with Crippen molar-refractivity contribution in [3.05, 3.63) is 83.5 Å². The average Bonchev–Trinajstić information content (AvgIpc) is 2.52. The van der Waals surface area contributed by atoms with Gasteiger partial charge in [-0.1, -0.05) is 60.7 Å². The molecule has 0 nitrogen and oxygen atoms in total. The van der Waals surface area contributed by atoms with Crippen LogP contribution in [0.5, 0.6) is 0 Å². The third kappa shape index (κ3) is 3.84. The van der Waals surface area contributed by atoms with Crippen LogP contribution in [0.2, 0.25) is 0 Å². The van der Waals surface area contributed by atoms with E-state index in [4.69, 9.17) is 0 Å². The van der Waals surface area contributed by atoms with Gasteiger partial charge < -0.3 is 0 Å². The highest BCUT2D eigenvalue weighted by Gasteiger charge is 2.21. The fourth-order valence-electron chi connectivity index (χ4n) is 2.31. The fraction of sp³-hybridized carbons (Fsp3) is 0. The maximum atomic E-state index is 2.49. The molecule has 0 saturated heterocycles. The number of hydrogen-bond donors (Lipinski definition) is 0. The molecule has 0 saturated carbocycles. The van der Waals surface area contributed by atoms with Crippen LogP contribution < -0.4 is 15.9 Å². The monoisotopic (exact) mass is 640 g/mol. The molecule has 3 rings (SSSR count). The van der Waals surface area contributed by atoms with Crippen molar-refractivity contribution in [1.29, 1.82) is 0 Å². The van der Waals surface area contributed by atoms with E-state index in [1.807, 2.05) is 0 Å². The highest BCUT2D eigenvalue weighted by atomic mass is 127. The van der Waals surface area contributed by atoms with Crippen LogP contribution in [0.4, 0.5) is 0 Å². The lowest BCUT2D eigenvalue weighted by Crippen LogP contribution is -2.24. The molecule has 0 heterocycles. The summed E-state index contributed by atoms with van der Waals surface area (Å²) in [5.41, 5.74) is 0. The molecule has 0 bridgehead atoms. The van der Waals surface area contributed by atoms with Crippen LogP contribution in [0.15, 0.2) is 72.8 Å². The summed E-state index contributed by atoms with van der Waals surface area (Å²) in [6, 6.07) is 26.3. The SMILES string of the molecule is Ic1cc(I)c(P(c2ccccc2)c2ccccc2)c(I)c1. The highest BCUT2D eigenvalue weighted by Crippen LogP contribution is 2.36. The van der Waals surface area contributed by atoms with E-state index in [1.165, 1.54) is 26.6 Å². The Bertz CT molecular complexity index is 710. The van der Waals surface area contributed by atoms with Crippen LogP contribution in [0.3, 0.4) is 0 Å². The minimum atomic E-state index is -0.518. The topological polar surface area (TPSA) is 0 Å². The standard InChI is InChI=1S/C18H12I3P/c19-13-11-16(20)18(17(21)12-13)22(14-7-3-1-4-8-14)15-9-5-2-6-10-15/h1-12H. The van der Waals surface area contributed by atoms with E-state index in [9.17, 15) is 0 Å². The molecular formula is C18H12I3P. The highest BCUT2D eigenvalue weighted by molar-refractivity contribution is 14.1. The minimum Gasteiger partial charge on any atom is -0.0622 e. The molecule has 0 aromatic heterocycles. The molecule has 0 aliphatic rings. The Kier molecular flexibility index (Phi) is 6.15. The van der Waals surface area contributed by atoms with Crippen LogP contribution in [0, 0.1) is 10.7 Å². The van der Waals surface area contributed by atoms with Crippen molar-refractivity contribution >= 4 is 91.6 Å². The minimum absolute atomic E-state index is 0.518. The van der Waals surface area contributed by atoms with Crippen molar-refractivity contribution in [2.75, 3.05) is 0 Å². The maximum Gasteiger partial charge on any atom is 0.0235 e. The summed E-state index contributed by atoms with van der Waals surface area (Å²) in [4.78, 5) is 0. The lowest BCUT2D eigenvalue weighted by atomic mass is 10.4. The smallest absolute Gasteiger partial charge is 0.0235 e. The van der Waals surface area contributed by atoms with Crippen LogP contribution in [-0.4, -0.2) is 0 Å². The molecule has 3 aromatic rings. The number of rotatable bonds is 3. The first-order valence-electron chi connectivity index (χ1n) is 6.71. The molecule has 0 aliphatic carbocycles. The molecule has 3 aromatic carbocycles. The quantitative estimate of drug-likeness (QED) is 0.271. The molecule has 4 heteroatoms. The first-order chi connectivity index (χ1) is 10.7. The van der Waals surface area contributed by atoms with E-state index in [0.29, 0.717) is 0 Å². The second-order valence-electron chi connectivity index (χ2n) is 4.72. The largest absolute Gasteiger partial charge is 0.0622 e. The Morgan fingerprint density at radius 1 is 0.591 bits per heavy atom. The molecule has 0 spiro atoms. The zero-order chi connectivity index (χ0) is 15.5. The fourth-order valence-corrected chi connectivity index (χ4v) is 9.65. The molecule has 0 N–H and O–H groups in total. The van der Waals surface area contributed by atoms with E-state index >= 15 is 0 Å². The van der Waals surface area contributed by atoms with E-state index < -0.39 is 7.92 Å². The van der Waals surface area contributed by atoms with E-state index in [1.54, 1.807) is 0 Å². The van der Waals surface area contributed by atoms with Gasteiger partial charge in [0.15, 0.2) is 0 Å². The van der Waals surface area contributed by atoms with Crippen molar-refractivity contribution in [2.45, 2.75) is 0 Å². The van der Waals surface area contributed by atoms with Crippen LogP contribution in [0.1, 0.15) is 0 Å². The van der Waals surface area contributed by atoms with Crippen molar-refractivity contribution in [1.82, 2.24) is 0 Å². The van der Waals surface area contributed by atoms with Gasteiger partial charge in [0.2, 0.25) is 0 Å². The summed E-state index contributed by atoms with van der Waals surface area (Å²) in [5, 5.41) is 4.27. The van der Waals surface area contributed by atoms with Gasteiger partial charge >= 0.3 is 0 Å². The lowest BCUT2D eigenvalue weighted by Gasteiger charge is -2.22. The van der Waals surface area contributed by atoms with E-state index in [0.717, 1.165) is 0 Å². The van der Waals surface area contributed by atoms with Gasteiger partial charge in [0.05, 0.1) is 0 Å². The second-order valence-corrected chi connectivity index (χ2v) is 10.4. The van der Waals surface area contributed by atoms with Gasteiger partial charge in [0.1, 0.15) is 0 Å². The van der Waals surface area contributed by atoms with Crippen molar-refractivity contribution in [3.63, 3.8) is 0 Å². The molecule has 0 amide bonds. The van der Waals surface area contributed by atoms with Gasteiger partial charge in [-0.3, -0.25) is 0 Å². The van der Waals surface area contributed by atoms with Gasteiger partial charge in [-0.2, -0.15) is 0 Å². The van der Waals surface area contributed by atoms with E-state index in [2.05, 4.69) is 141 Å². The first kappa shape index (κ1) is 17.1. The lowest BCUT2D eigenvalue weighted by molar-refractivity contribution is 1.60. The summed E-state index contributed by atoms with van der Waals surface area (Å²) in [7, 11) is -0.518. The first-order valence-corrected chi connectivity index (χ1v) is 11.3. The molecule has 22 heavy (non-hydrogen) atoms. The summed E-state index contributed by atoms with van der Waals surface area (Å²) >= 11 is 7.37. The molecule has 0 radical (unpaired) electrons. The van der Waals surface area contributed by atoms with Crippen molar-refractivity contribution in [2.24, 2.45) is 0 Å². The van der Waals surface area contributed by atoms with E-state index in [-0.39, 0.29) is 0 Å². The number of halogens is 3. The maximum absolute atomic E-state index is 2.49.